The Kier molecular flexibility index (Phi) is 14.9. The predicted molar refractivity (Wildman–Crippen MR) is 124 cm³/mol. The molecular formula is C13H21Br2N3P4. The van der Waals surface area contributed by atoms with E-state index in [2.05, 4.69) is 83.8 Å². The number of halogens is 2. The Morgan fingerprint density at radius 2 is 1.27 bits per heavy atom. The fourth-order valence-electron chi connectivity index (χ4n) is 1.21. The number of hydrogen-bond donors (Lipinski definition) is 0. The molecule has 4 unspecified atom stereocenters. The maximum Gasteiger partial charge on any atom is 0.0396 e. The zero-order valence-corrected chi connectivity index (χ0v) is 20.1. The quantitative estimate of drug-likeness (QED) is 0.394. The third-order valence-corrected chi connectivity index (χ3v) is 4.18. The first-order valence-corrected chi connectivity index (χ1v) is 10.8. The fourth-order valence-corrected chi connectivity index (χ4v) is 3.40. The second kappa shape index (κ2) is 14.3. The highest BCUT2D eigenvalue weighted by Gasteiger charge is 2.00. The van der Waals surface area contributed by atoms with Crippen LogP contribution in [0.1, 0.15) is 19.3 Å². The van der Waals surface area contributed by atoms with E-state index >= 15 is 0 Å². The van der Waals surface area contributed by atoms with E-state index in [0.717, 1.165) is 44.6 Å². The number of hydrogen-bond acceptors (Lipinski definition) is 3. The average Bonchev–Trinajstić information content (AvgIpc) is 3.19. The molecule has 0 bridgehead atoms. The molecule has 3 rings (SSSR count). The molecule has 122 valence electrons. The Balaban J connectivity index is 0.000000285. The van der Waals surface area contributed by atoms with Gasteiger partial charge in [-0.15, -0.1) is 9.24 Å². The summed E-state index contributed by atoms with van der Waals surface area (Å²) in [5.74, 6) is 0. The van der Waals surface area contributed by atoms with Crippen LogP contribution in [-0.2, 0) is 0 Å². The molecule has 0 amide bonds. The molecular weight excluding hydrogens is 482 g/mol. The van der Waals surface area contributed by atoms with Crippen molar-refractivity contribution in [3.63, 3.8) is 0 Å². The maximum absolute atomic E-state index is 3.99. The van der Waals surface area contributed by atoms with Gasteiger partial charge in [0, 0.05) is 63.2 Å². The first kappa shape index (κ1) is 22.9. The molecule has 3 aliphatic heterocycles. The summed E-state index contributed by atoms with van der Waals surface area (Å²) < 4.78 is 2.33. The molecule has 3 heterocycles. The van der Waals surface area contributed by atoms with Crippen LogP contribution < -0.4 is 0 Å². The van der Waals surface area contributed by atoms with Gasteiger partial charge in [0.1, 0.15) is 0 Å². The molecule has 0 aromatic heterocycles. The molecule has 3 nitrogen and oxygen atoms in total. The van der Waals surface area contributed by atoms with Crippen LogP contribution in [0.5, 0.6) is 0 Å². The monoisotopic (exact) mass is 501 g/mol. The Morgan fingerprint density at radius 3 is 1.36 bits per heavy atom. The van der Waals surface area contributed by atoms with E-state index in [-0.39, 0.29) is 0 Å². The topological polar surface area (TPSA) is 37.1 Å². The first-order chi connectivity index (χ1) is 10.5. The third-order valence-electron chi connectivity index (χ3n) is 2.11. The third kappa shape index (κ3) is 12.3. The molecule has 0 radical (unpaired) electrons. The van der Waals surface area contributed by atoms with Crippen molar-refractivity contribution in [3.8, 4) is 0 Å². The van der Waals surface area contributed by atoms with E-state index in [0.29, 0.717) is 0 Å². The minimum Gasteiger partial charge on any atom is -0.261 e. The van der Waals surface area contributed by atoms with Gasteiger partial charge in [-0.1, -0.05) is 72.3 Å². The summed E-state index contributed by atoms with van der Waals surface area (Å²) in [6.07, 6.45) is 10.4. The summed E-state index contributed by atoms with van der Waals surface area (Å²) >= 11 is 6.62. The summed E-state index contributed by atoms with van der Waals surface area (Å²) in [4.78, 5) is 11.9. The molecule has 0 N–H and O–H groups in total. The predicted octanol–water partition coefficient (Wildman–Crippen LogP) is 5.47. The molecule has 0 fully saturated rings. The second-order valence-electron chi connectivity index (χ2n) is 3.96. The largest absolute Gasteiger partial charge is 0.261 e. The lowest BCUT2D eigenvalue weighted by atomic mass is 10.5. The van der Waals surface area contributed by atoms with Crippen LogP contribution in [0.15, 0.2) is 48.6 Å². The highest BCUT2D eigenvalue weighted by Crippen LogP contribution is 2.20. The van der Waals surface area contributed by atoms with Gasteiger partial charge in [0.2, 0.25) is 0 Å². The minimum absolute atomic E-state index is 0.963. The molecule has 0 aliphatic carbocycles. The van der Waals surface area contributed by atoms with Gasteiger partial charge in [-0.3, -0.25) is 15.0 Å². The Hall–Kier alpha value is 0.910. The van der Waals surface area contributed by atoms with Gasteiger partial charge in [-0.2, -0.15) is 0 Å². The number of rotatable bonds is 0. The van der Waals surface area contributed by atoms with E-state index in [1.54, 1.807) is 0 Å². The lowest BCUT2D eigenvalue weighted by molar-refractivity contribution is 1.56. The summed E-state index contributed by atoms with van der Waals surface area (Å²) in [6, 6.07) is 0. The standard InChI is InChI=1S/2C4H5BrNP.C4H6NP.CH5P/c2*5-3-1-4(7)6-2-3;6-4-2-1-3-5-4;1-2/h2*2H,1,7H2;1,3H,2,6H2;2H2,1H3. The molecule has 0 saturated carbocycles. The Morgan fingerprint density at radius 1 is 0.818 bits per heavy atom. The Bertz CT molecular complexity index is 471. The van der Waals surface area contributed by atoms with Crippen LogP contribution in [0.2, 0.25) is 0 Å². The first-order valence-electron chi connectivity index (χ1n) is 6.35. The average molecular weight is 503 g/mol. The van der Waals surface area contributed by atoms with Crippen LogP contribution in [0.3, 0.4) is 0 Å². The highest BCUT2D eigenvalue weighted by atomic mass is 79.9. The van der Waals surface area contributed by atoms with Gasteiger partial charge in [0.05, 0.1) is 0 Å². The van der Waals surface area contributed by atoms with E-state index in [1.165, 1.54) is 0 Å². The lowest BCUT2D eigenvalue weighted by Gasteiger charge is -1.82. The molecule has 4 atom stereocenters. The molecule has 0 aromatic carbocycles. The summed E-state index contributed by atoms with van der Waals surface area (Å²) in [6.45, 7) is 1.92. The van der Waals surface area contributed by atoms with Crippen LogP contribution >= 0.6 is 68.8 Å². The van der Waals surface area contributed by atoms with Gasteiger partial charge in [0.25, 0.3) is 0 Å². The summed E-state index contributed by atoms with van der Waals surface area (Å²) in [5.41, 5.74) is 3.34. The fraction of sp³-hybridized carbons (Fsp3) is 0.308. The van der Waals surface area contributed by atoms with Crippen molar-refractivity contribution >= 4 is 85.2 Å². The second-order valence-corrected chi connectivity index (χ2v) is 7.99. The Labute approximate surface area is 159 Å². The SMILES string of the molecule is CP.PC1=NC=C(Br)C1.PC1=NC=C(Br)C1.PC1=NC=CC1. The number of nitrogens with zero attached hydrogens (tertiary/aromatic N) is 3. The molecule has 9 heteroatoms. The van der Waals surface area contributed by atoms with Crippen molar-refractivity contribution < 1.29 is 0 Å². The normalized spacial score (nSPS) is 17.5. The van der Waals surface area contributed by atoms with Crippen molar-refractivity contribution in [3.05, 3.63) is 33.6 Å². The highest BCUT2D eigenvalue weighted by molar-refractivity contribution is 9.12. The van der Waals surface area contributed by atoms with Crippen molar-refractivity contribution in [2.45, 2.75) is 19.3 Å². The van der Waals surface area contributed by atoms with Crippen molar-refractivity contribution in [2.24, 2.45) is 15.0 Å². The van der Waals surface area contributed by atoms with Crippen molar-refractivity contribution in [1.29, 1.82) is 0 Å². The molecule has 0 aromatic rings. The lowest BCUT2D eigenvalue weighted by Crippen LogP contribution is -1.74. The van der Waals surface area contributed by atoms with Gasteiger partial charge >= 0.3 is 0 Å². The maximum atomic E-state index is 3.99. The zero-order valence-electron chi connectivity index (χ0n) is 12.3. The number of allylic oxidation sites excluding steroid dienone is 3. The van der Waals surface area contributed by atoms with Crippen molar-refractivity contribution in [1.82, 2.24) is 0 Å². The van der Waals surface area contributed by atoms with Gasteiger partial charge in [0.15, 0.2) is 0 Å². The molecule has 0 saturated heterocycles. The smallest absolute Gasteiger partial charge is 0.0396 e. The van der Waals surface area contributed by atoms with Gasteiger partial charge in [-0.25, -0.2) is 0 Å². The van der Waals surface area contributed by atoms with Crippen LogP contribution in [0, 0.1) is 0 Å². The molecule has 22 heavy (non-hydrogen) atoms. The molecule has 3 aliphatic rings. The van der Waals surface area contributed by atoms with Crippen LogP contribution in [-0.4, -0.2) is 23.0 Å². The van der Waals surface area contributed by atoms with E-state index < -0.39 is 0 Å². The van der Waals surface area contributed by atoms with E-state index in [1.807, 2.05) is 31.3 Å². The van der Waals surface area contributed by atoms with Crippen LogP contribution in [0.4, 0.5) is 0 Å². The van der Waals surface area contributed by atoms with Gasteiger partial charge in [-0.05, 0) is 0 Å². The zero-order chi connectivity index (χ0) is 17.0. The molecule has 0 spiro atoms. The summed E-state index contributed by atoms with van der Waals surface area (Å²) in [7, 11) is 10.1. The van der Waals surface area contributed by atoms with Crippen LogP contribution in [0.25, 0.3) is 0 Å². The summed E-state index contributed by atoms with van der Waals surface area (Å²) in [5, 5.41) is 0. The number of aliphatic imine (C=N–C) groups is 3. The van der Waals surface area contributed by atoms with E-state index in [4.69, 9.17) is 0 Å². The van der Waals surface area contributed by atoms with E-state index in [9.17, 15) is 0 Å². The van der Waals surface area contributed by atoms with Crippen molar-refractivity contribution in [2.75, 3.05) is 6.66 Å². The minimum atomic E-state index is 0.963. The van der Waals surface area contributed by atoms with Gasteiger partial charge < -0.3 is 0 Å².